The van der Waals surface area contributed by atoms with Gasteiger partial charge in [0.05, 0.1) is 25.3 Å². The highest BCUT2D eigenvalue weighted by Gasteiger charge is 2.46. The van der Waals surface area contributed by atoms with Gasteiger partial charge >= 0.3 is 0 Å². The van der Waals surface area contributed by atoms with Crippen molar-refractivity contribution in [1.29, 1.82) is 0 Å². The molecule has 178 valence electrons. The van der Waals surface area contributed by atoms with Crippen LogP contribution in [0.3, 0.4) is 0 Å². The van der Waals surface area contributed by atoms with E-state index in [-0.39, 0.29) is 17.2 Å². The first-order chi connectivity index (χ1) is 16.3. The van der Waals surface area contributed by atoms with Crippen molar-refractivity contribution < 1.29 is 33.1 Å². The Kier molecular flexibility index (Phi) is 6.45. The highest BCUT2D eigenvalue weighted by atomic mass is 16.5. The second kappa shape index (κ2) is 9.46. The molecule has 34 heavy (non-hydrogen) atoms. The third kappa shape index (κ3) is 4.16. The first-order valence-electron chi connectivity index (χ1n) is 11.0. The maximum absolute atomic E-state index is 13.4. The molecular formula is C25H26N2O7. The molecule has 1 amide bonds. The van der Waals surface area contributed by atoms with Crippen molar-refractivity contribution in [2.24, 2.45) is 0 Å². The van der Waals surface area contributed by atoms with E-state index in [1.165, 1.54) is 18.1 Å². The highest BCUT2D eigenvalue weighted by Crippen LogP contribution is 2.43. The SMILES string of the molecule is CCCCOc1ccc(C2C(C(=O)c3ccc(C)o3)=C(O)C(=O)N2c2cc(C)on2)cc1OC. The summed E-state index contributed by atoms with van der Waals surface area (Å²) in [6, 6.07) is 8.83. The Morgan fingerprint density at radius 3 is 2.56 bits per heavy atom. The number of rotatable bonds is 9. The van der Waals surface area contributed by atoms with Gasteiger partial charge in [-0.3, -0.25) is 14.5 Å². The fourth-order valence-electron chi connectivity index (χ4n) is 3.84. The number of methoxy groups -OCH3 is 1. The standard InChI is InChI=1S/C25H26N2O7/c1-5-6-11-32-17-10-8-16(13-19(17)31-4)22-21(23(28)18-9-7-14(2)33-18)24(29)25(30)27(22)20-12-15(3)34-26-20/h7-10,12-13,22,29H,5-6,11H2,1-4H3. The van der Waals surface area contributed by atoms with E-state index in [0.29, 0.717) is 35.2 Å². The molecule has 1 unspecified atom stereocenters. The van der Waals surface area contributed by atoms with Gasteiger partial charge in [-0.15, -0.1) is 0 Å². The largest absolute Gasteiger partial charge is 0.503 e. The number of aliphatic hydroxyl groups excluding tert-OH is 1. The molecule has 0 bridgehead atoms. The van der Waals surface area contributed by atoms with Crippen LogP contribution in [0.2, 0.25) is 0 Å². The molecule has 0 radical (unpaired) electrons. The van der Waals surface area contributed by atoms with Gasteiger partial charge in [0.2, 0.25) is 5.78 Å². The van der Waals surface area contributed by atoms with E-state index < -0.39 is 23.5 Å². The molecule has 1 aliphatic heterocycles. The van der Waals surface area contributed by atoms with Crippen molar-refractivity contribution in [1.82, 2.24) is 5.16 Å². The molecule has 1 atom stereocenters. The smallest absolute Gasteiger partial charge is 0.295 e. The number of ketones is 1. The number of Topliss-reactive ketones (excluding diaryl/α,β-unsaturated/α-hetero) is 1. The van der Waals surface area contributed by atoms with Gasteiger partial charge in [0.15, 0.2) is 28.8 Å². The summed E-state index contributed by atoms with van der Waals surface area (Å²) in [7, 11) is 1.51. The first kappa shape index (κ1) is 23.2. The number of aryl methyl sites for hydroxylation is 2. The molecule has 3 heterocycles. The maximum atomic E-state index is 13.4. The van der Waals surface area contributed by atoms with Crippen molar-refractivity contribution in [3.63, 3.8) is 0 Å². The van der Waals surface area contributed by atoms with E-state index in [0.717, 1.165) is 12.8 Å². The monoisotopic (exact) mass is 466 g/mol. The van der Waals surface area contributed by atoms with Gasteiger partial charge < -0.3 is 23.5 Å². The first-order valence-corrected chi connectivity index (χ1v) is 11.0. The van der Waals surface area contributed by atoms with Crippen LogP contribution >= 0.6 is 0 Å². The summed E-state index contributed by atoms with van der Waals surface area (Å²) in [4.78, 5) is 27.8. The topological polar surface area (TPSA) is 115 Å². The van der Waals surface area contributed by atoms with Gasteiger partial charge in [0.1, 0.15) is 11.5 Å². The Bertz CT molecular complexity index is 1250. The van der Waals surface area contributed by atoms with Gasteiger partial charge in [-0.2, -0.15) is 0 Å². The normalized spacial score (nSPS) is 15.8. The van der Waals surface area contributed by atoms with E-state index in [4.69, 9.17) is 18.4 Å². The summed E-state index contributed by atoms with van der Waals surface area (Å²) >= 11 is 0. The second-order valence-corrected chi connectivity index (χ2v) is 7.99. The zero-order valence-electron chi connectivity index (χ0n) is 19.5. The maximum Gasteiger partial charge on any atom is 0.295 e. The third-order valence-electron chi connectivity index (χ3n) is 5.54. The van der Waals surface area contributed by atoms with E-state index in [1.807, 2.05) is 0 Å². The average molecular weight is 466 g/mol. The predicted octanol–water partition coefficient (Wildman–Crippen LogP) is 4.85. The molecular weight excluding hydrogens is 440 g/mol. The van der Waals surface area contributed by atoms with Gasteiger partial charge in [-0.1, -0.05) is 24.6 Å². The van der Waals surface area contributed by atoms with Crippen LogP contribution in [0.1, 0.15) is 53.4 Å². The lowest BCUT2D eigenvalue weighted by Crippen LogP contribution is -2.31. The molecule has 0 fully saturated rings. The number of furan rings is 1. The van der Waals surface area contributed by atoms with Crippen molar-refractivity contribution in [2.75, 3.05) is 18.6 Å². The Morgan fingerprint density at radius 1 is 1.15 bits per heavy atom. The zero-order valence-corrected chi connectivity index (χ0v) is 19.5. The van der Waals surface area contributed by atoms with Gasteiger partial charge in [-0.05, 0) is 50.1 Å². The molecule has 0 spiro atoms. The number of benzene rings is 1. The summed E-state index contributed by atoms with van der Waals surface area (Å²) in [6.07, 6.45) is 1.87. The number of anilines is 1. The lowest BCUT2D eigenvalue weighted by Gasteiger charge is -2.25. The van der Waals surface area contributed by atoms with Crippen LogP contribution in [0.15, 0.2) is 56.7 Å². The lowest BCUT2D eigenvalue weighted by atomic mass is 9.94. The number of ether oxygens (including phenoxy) is 2. The number of aromatic nitrogens is 1. The summed E-state index contributed by atoms with van der Waals surface area (Å²) in [5, 5.41) is 14.7. The van der Waals surface area contributed by atoms with E-state index in [2.05, 4.69) is 12.1 Å². The molecule has 0 saturated heterocycles. The van der Waals surface area contributed by atoms with E-state index >= 15 is 0 Å². The Hall–Kier alpha value is -4.01. The van der Waals surface area contributed by atoms with Crippen LogP contribution in [0.5, 0.6) is 11.5 Å². The van der Waals surface area contributed by atoms with Gasteiger partial charge in [-0.25, -0.2) is 0 Å². The van der Waals surface area contributed by atoms with Gasteiger partial charge in [0.25, 0.3) is 5.91 Å². The van der Waals surface area contributed by atoms with Crippen LogP contribution in [-0.2, 0) is 4.79 Å². The van der Waals surface area contributed by atoms with Crippen molar-refractivity contribution in [3.8, 4) is 11.5 Å². The number of carbonyl (C=O) groups excluding carboxylic acids is 2. The van der Waals surface area contributed by atoms with Crippen LogP contribution in [0.4, 0.5) is 5.82 Å². The molecule has 9 nitrogen and oxygen atoms in total. The lowest BCUT2D eigenvalue weighted by molar-refractivity contribution is -0.117. The van der Waals surface area contributed by atoms with Crippen LogP contribution < -0.4 is 14.4 Å². The number of carbonyl (C=O) groups is 2. The Morgan fingerprint density at radius 2 is 1.94 bits per heavy atom. The zero-order chi connectivity index (χ0) is 24.4. The van der Waals surface area contributed by atoms with Crippen LogP contribution in [-0.4, -0.2) is 35.7 Å². The fourth-order valence-corrected chi connectivity index (χ4v) is 3.84. The number of nitrogens with zero attached hydrogens (tertiary/aromatic N) is 2. The molecule has 4 rings (SSSR count). The molecule has 9 heteroatoms. The molecule has 2 aromatic heterocycles. The minimum atomic E-state index is -0.992. The molecule has 0 saturated carbocycles. The van der Waals surface area contributed by atoms with Crippen molar-refractivity contribution in [3.05, 3.63) is 70.6 Å². The van der Waals surface area contributed by atoms with Gasteiger partial charge in [0, 0.05) is 6.07 Å². The Labute approximate surface area is 196 Å². The predicted molar refractivity (Wildman–Crippen MR) is 122 cm³/mol. The minimum absolute atomic E-state index is 0.0153. The average Bonchev–Trinajstić information content (AvgIpc) is 3.52. The molecule has 0 aliphatic carbocycles. The van der Waals surface area contributed by atoms with Crippen molar-refractivity contribution >= 4 is 17.5 Å². The summed E-state index contributed by atoms with van der Waals surface area (Å²) in [5.41, 5.74) is 0.395. The number of unbranched alkanes of at least 4 members (excludes halogenated alkanes) is 1. The minimum Gasteiger partial charge on any atom is -0.503 e. The van der Waals surface area contributed by atoms with Crippen LogP contribution in [0, 0.1) is 13.8 Å². The molecule has 1 aromatic carbocycles. The quantitative estimate of drug-likeness (QED) is 0.351. The summed E-state index contributed by atoms with van der Waals surface area (Å²) in [5.74, 6) is 0.109. The summed E-state index contributed by atoms with van der Waals surface area (Å²) in [6.45, 7) is 5.98. The second-order valence-electron chi connectivity index (χ2n) is 7.99. The Balaban J connectivity index is 1.82. The molecule has 3 aromatic rings. The third-order valence-corrected chi connectivity index (χ3v) is 5.54. The summed E-state index contributed by atoms with van der Waals surface area (Å²) < 4.78 is 22.0. The number of hydrogen-bond acceptors (Lipinski definition) is 8. The fraction of sp³-hybridized carbons (Fsp3) is 0.320. The van der Waals surface area contributed by atoms with E-state index in [1.54, 1.807) is 44.2 Å². The van der Waals surface area contributed by atoms with Crippen molar-refractivity contribution in [2.45, 2.75) is 39.7 Å². The van der Waals surface area contributed by atoms with Crippen LogP contribution in [0.25, 0.3) is 0 Å². The van der Waals surface area contributed by atoms with E-state index in [9.17, 15) is 14.7 Å². The number of amides is 1. The number of aliphatic hydroxyl groups is 1. The highest BCUT2D eigenvalue weighted by molar-refractivity contribution is 6.20. The molecule has 1 aliphatic rings. The molecule has 1 N–H and O–H groups in total. The number of hydrogen-bond donors (Lipinski definition) is 1.